The molecule has 3 aromatic rings. The van der Waals surface area contributed by atoms with Crippen LogP contribution >= 0.6 is 0 Å². The van der Waals surface area contributed by atoms with E-state index in [1.54, 1.807) is 18.2 Å². The minimum atomic E-state index is -3.83. The van der Waals surface area contributed by atoms with Crippen molar-refractivity contribution in [3.8, 4) is 0 Å². The van der Waals surface area contributed by atoms with Crippen molar-refractivity contribution in [2.45, 2.75) is 36.8 Å². The number of hydrogen-bond donors (Lipinski definition) is 2. The molecule has 0 aliphatic carbocycles. The number of nitrogen functional groups attached to an aromatic ring is 1. The molecule has 1 aliphatic rings. The summed E-state index contributed by atoms with van der Waals surface area (Å²) in [5.74, 6) is -0.306. The summed E-state index contributed by atoms with van der Waals surface area (Å²) in [6.07, 6.45) is 1.78. The summed E-state index contributed by atoms with van der Waals surface area (Å²) in [5.41, 5.74) is 6.53. The molecule has 33 heavy (non-hydrogen) atoms. The van der Waals surface area contributed by atoms with Crippen LogP contribution in [0.4, 0.5) is 17.6 Å². The number of aromatic nitrogens is 3. The van der Waals surface area contributed by atoms with E-state index in [-0.39, 0.29) is 35.8 Å². The highest BCUT2D eigenvalue weighted by Gasteiger charge is 2.38. The minimum Gasteiger partial charge on any atom is -0.456 e. The molecule has 0 bridgehead atoms. The molecule has 1 aliphatic heterocycles. The van der Waals surface area contributed by atoms with Gasteiger partial charge in [-0.25, -0.2) is 8.42 Å². The van der Waals surface area contributed by atoms with Gasteiger partial charge in [0.25, 0.3) is 0 Å². The number of para-hydroxylation sites is 1. The molecule has 4 rings (SSSR count). The average molecular weight is 469 g/mol. The molecule has 1 unspecified atom stereocenters. The van der Waals surface area contributed by atoms with E-state index >= 15 is 0 Å². The first-order chi connectivity index (χ1) is 15.9. The van der Waals surface area contributed by atoms with Gasteiger partial charge >= 0.3 is 5.97 Å². The van der Waals surface area contributed by atoms with Crippen molar-refractivity contribution >= 4 is 33.6 Å². The topological polar surface area (TPSA) is 140 Å². The number of benzene rings is 2. The molecule has 3 N–H and O–H groups in total. The first-order valence-corrected chi connectivity index (χ1v) is 11.9. The summed E-state index contributed by atoms with van der Waals surface area (Å²) in [6.45, 7) is -0.00834. The summed E-state index contributed by atoms with van der Waals surface area (Å²) >= 11 is 0. The normalized spacial score (nSPS) is 16.8. The lowest BCUT2D eigenvalue weighted by molar-refractivity contribution is -0.150. The molecule has 11 heteroatoms. The van der Waals surface area contributed by atoms with Crippen LogP contribution in [0.3, 0.4) is 0 Å². The van der Waals surface area contributed by atoms with Gasteiger partial charge in [0.2, 0.25) is 21.9 Å². The number of anilines is 3. The van der Waals surface area contributed by atoms with E-state index in [1.165, 1.54) is 16.4 Å². The standard InChI is InChI=1S/C22H24N6O4S/c23-21-25-19(26-22(27-21)24-16-9-3-1-4-10-16)15-32-20(29)18-13-7-8-14-28(18)33(30,31)17-11-5-2-6-12-17/h1-6,9-12,18H,7-8,13-15H2,(H3,23,24,25,26,27). The molecule has 1 saturated heterocycles. The van der Waals surface area contributed by atoms with Gasteiger partial charge in [0.05, 0.1) is 4.90 Å². The van der Waals surface area contributed by atoms with E-state index in [4.69, 9.17) is 10.5 Å². The van der Waals surface area contributed by atoms with E-state index < -0.39 is 22.0 Å². The highest BCUT2D eigenvalue weighted by atomic mass is 32.2. The lowest BCUT2D eigenvalue weighted by atomic mass is 10.1. The zero-order valence-corrected chi connectivity index (χ0v) is 18.6. The van der Waals surface area contributed by atoms with Crippen LogP contribution in [0.5, 0.6) is 0 Å². The molecule has 1 aromatic heterocycles. The first-order valence-electron chi connectivity index (χ1n) is 10.5. The number of hydrogen-bond acceptors (Lipinski definition) is 9. The molecular formula is C22H24N6O4S. The minimum absolute atomic E-state index is 0.0274. The molecule has 1 fully saturated rings. The Kier molecular flexibility index (Phi) is 6.80. The Labute approximate surface area is 191 Å². The smallest absolute Gasteiger partial charge is 0.324 e. The fourth-order valence-electron chi connectivity index (χ4n) is 3.60. The largest absolute Gasteiger partial charge is 0.456 e. The number of esters is 1. The number of nitrogens with one attached hydrogen (secondary N) is 1. The van der Waals surface area contributed by atoms with Gasteiger partial charge < -0.3 is 15.8 Å². The molecular weight excluding hydrogens is 444 g/mol. The van der Waals surface area contributed by atoms with Gasteiger partial charge in [-0.2, -0.15) is 19.3 Å². The maximum absolute atomic E-state index is 13.1. The van der Waals surface area contributed by atoms with Crippen LogP contribution in [0.15, 0.2) is 65.6 Å². The van der Waals surface area contributed by atoms with Gasteiger partial charge in [0, 0.05) is 12.2 Å². The van der Waals surface area contributed by atoms with Crippen molar-refractivity contribution in [3.05, 3.63) is 66.5 Å². The third-order valence-electron chi connectivity index (χ3n) is 5.15. The number of ether oxygens (including phenoxy) is 1. The maximum Gasteiger partial charge on any atom is 0.324 e. The Morgan fingerprint density at radius 2 is 1.73 bits per heavy atom. The van der Waals surface area contributed by atoms with E-state index in [0.717, 1.165) is 12.1 Å². The van der Waals surface area contributed by atoms with Crippen molar-refractivity contribution in [1.29, 1.82) is 0 Å². The van der Waals surface area contributed by atoms with Crippen LogP contribution < -0.4 is 11.1 Å². The highest BCUT2D eigenvalue weighted by Crippen LogP contribution is 2.26. The summed E-state index contributed by atoms with van der Waals surface area (Å²) in [5, 5.41) is 3.01. The van der Waals surface area contributed by atoms with Crippen LogP contribution in [0, 0.1) is 0 Å². The second kappa shape index (κ2) is 9.92. The second-order valence-electron chi connectivity index (χ2n) is 7.47. The summed E-state index contributed by atoms with van der Waals surface area (Å²) in [7, 11) is -3.83. The predicted octanol–water partition coefficient (Wildman–Crippen LogP) is 2.48. The van der Waals surface area contributed by atoms with Crippen molar-refractivity contribution < 1.29 is 17.9 Å². The number of nitrogens with zero attached hydrogens (tertiary/aromatic N) is 4. The third kappa shape index (κ3) is 5.44. The molecule has 2 aromatic carbocycles. The van der Waals surface area contributed by atoms with Crippen molar-refractivity contribution in [2.75, 3.05) is 17.6 Å². The van der Waals surface area contributed by atoms with Gasteiger partial charge in [0.1, 0.15) is 6.04 Å². The number of carbonyl (C=O) groups excluding carboxylic acids is 1. The van der Waals surface area contributed by atoms with Gasteiger partial charge in [-0.05, 0) is 43.5 Å². The van der Waals surface area contributed by atoms with Crippen molar-refractivity contribution in [1.82, 2.24) is 19.3 Å². The number of rotatable bonds is 7. The van der Waals surface area contributed by atoms with Gasteiger partial charge in [0.15, 0.2) is 12.4 Å². The molecule has 0 saturated carbocycles. The molecule has 0 spiro atoms. The first kappa shape index (κ1) is 22.6. The van der Waals surface area contributed by atoms with Gasteiger partial charge in [-0.15, -0.1) is 0 Å². The van der Waals surface area contributed by atoms with E-state index in [9.17, 15) is 13.2 Å². The predicted molar refractivity (Wildman–Crippen MR) is 122 cm³/mol. The molecule has 172 valence electrons. The Balaban J connectivity index is 1.46. The number of piperidine rings is 1. The van der Waals surface area contributed by atoms with Gasteiger partial charge in [-0.1, -0.05) is 36.4 Å². The average Bonchev–Trinajstić information content (AvgIpc) is 2.83. The van der Waals surface area contributed by atoms with E-state index in [0.29, 0.717) is 12.8 Å². The van der Waals surface area contributed by atoms with E-state index in [2.05, 4.69) is 20.3 Å². The Hall–Kier alpha value is -3.57. The summed E-state index contributed by atoms with van der Waals surface area (Å²) in [6, 6.07) is 16.4. The number of nitrogens with two attached hydrogens (primary N) is 1. The van der Waals surface area contributed by atoms with Crippen LogP contribution in [0.25, 0.3) is 0 Å². The second-order valence-corrected chi connectivity index (χ2v) is 9.36. The third-order valence-corrected chi connectivity index (χ3v) is 7.07. The summed E-state index contributed by atoms with van der Waals surface area (Å²) in [4.78, 5) is 25.3. The molecule has 10 nitrogen and oxygen atoms in total. The van der Waals surface area contributed by atoms with Crippen LogP contribution in [-0.4, -0.2) is 46.2 Å². The fraction of sp³-hybridized carbons (Fsp3) is 0.273. The van der Waals surface area contributed by atoms with Crippen molar-refractivity contribution in [2.24, 2.45) is 0 Å². The zero-order chi connectivity index (χ0) is 23.3. The Morgan fingerprint density at radius 3 is 2.45 bits per heavy atom. The van der Waals surface area contributed by atoms with Crippen LogP contribution in [0.1, 0.15) is 25.1 Å². The summed E-state index contributed by atoms with van der Waals surface area (Å²) < 4.78 is 32.8. The van der Waals surface area contributed by atoms with E-state index in [1.807, 2.05) is 30.3 Å². The molecule has 1 atom stereocenters. The van der Waals surface area contributed by atoms with Gasteiger partial charge in [-0.3, -0.25) is 4.79 Å². The molecule has 0 radical (unpaired) electrons. The Bertz CT molecular complexity index is 1210. The lowest BCUT2D eigenvalue weighted by Gasteiger charge is -2.32. The maximum atomic E-state index is 13.1. The Morgan fingerprint density at radius 1 is 1.03 bits per heavy atom. The molecule has 2 heterocycles. The number of sulfonamides is 1. The highest BCUT2D eigenvalue weighted by molar-refractivity contribution is 7.89. The van der Waals surface area contributed by atoms with Crippen LogP contribution in [-0.2, 0) is 26.2 Å². The molecule has 0 amide bonds. The lowest BCUT2D eigenvalue weighted by Crippen LogP contribution is -2.48. The SMILES string of the molecule is Nc1nc(COC(=O)C2CCCCN2S(=O)(=O)c2ccccc2)nc(Nc2ccccc2)n1. The van der Waals surface area contributed by atoms with Crippen LogP contribution in [0.2, 0.25) is 0 Å². The zero-order valence-electron chi connectivity index (χ0n) is 17.8. The fourth-order valence-corrected chi connectivity index (χ4v) is 5.26. The quantitative estimate of drug-likeness (QED) is 0.500. The number of carbonyl (C=O) groups is 1. The van der Waals surface area contributed by atoms with Crippen molar-refractivity contribution in [3.63, 3.8) is 0 Å². The monoisotopic (exact) mass is 468 g/mol.